The highest BCUT2D eigenvalue weighted by molar-refractivity contribution is 6.42. The van der Waals surface area contributed by atoms with Crippen molar-refractivity contribution >= 4 is 35.0 Å². The maximum Gasteiger partial charge on any atom is 0.411 e. The number of carbonyl (C=O) groups excluding carboxylic acids is 1. The minimum absolute atomic E-state index is 0.0694. The molecule has 0 heterocycles. The van der Waals surface area contributed by atoms with Crippen molar-refractivity contribution in [3.8, 4) is 0 Å². The Bertz CT molecular complexity index is 1080. The molecule has 0 aliphatic heterocycles. The molecule has 1 amide bonds. The molecule has 3 nitrogen and oxygen atoms in total. The average Bonchev–Trinajstić information content (AvgIpc) is 3.23. The van der Waals surface area contributed by atoms with Gasteiger partial charge in [-0.05, 0) is 109 Å². The Morgan fingerprint density at radius 1 is 1.03 bits per heavy atom. The van der Waals surface area contributed by atoms with Crippen LogP contribution < -0.4 is 5.32 Å². The summed E-state index contributed by atoms with van der Waals surface area (Å²) in [4.78, 5) is 12.7. The van der Waals surface area contributed by atoms with Crippen LogP contribution in [0.2, 0.25) is 10.0 Å². The summed E-state index contributed by atoms with van der Waals surface area (Å²) in [6, 6.07) is 5.09. The largest absolute Gasteiger partial charge is 0.446 e. The van der Waals surface area contributed by atoms with Gasteiger partial charge in [0, 0.05) is 12.1 Å². The third-order valence-electron chi connectivity index (χ3n) is 11.7. The highest BCUT2D eigenvalue weighted by Crippen LogP contribution is 2.67. The standard InChI is InChI=1S/C34H49Cl2NO2/c1-21(2)7-6-8-22(3)27-12-13-28-26-11-9-23-19-25(15-17-33(23,4)29(26)16-18-34(27,28)5)39-32(38)37-24-10-14-30(35)31(36)20-24/h9-10,14,20-22,25-29H,6-8,11-13,15-19H2,1-5H3,(H,37,38)/t22-,25+,26?,27-,28?,29?,33+,34-/m1/s1. The maximum absolute atomic E-state index is 12.7. The van der Waals surface area contributed by atoms with Crippen molar-refractivity contribution in [3.05, 3.63) is 39.9 Å². The van der Waals surface area contributed by atoms with Crippen molar-refractivity contribution in [1.82, 2.24) is 0 Å². The van der Waals surface area contributed by atoms with Gasteiger partial charge in [0.05, 0.1) is 10.0 Å². The van der Waals surface area contributed by atoms with Crippen molar-refractivity contribution in [2.75, 3.05) is 5.32 Å². The van der Waals surface area contributed by atoms with Gasteiger partial charge in [0.1, 0.15) is 6.10 Å². The van der Waals surface area contributed by atoms with Crippen LogP contribution in [-0.2, 0) is 4.74 Å². The second kappa shape index (κ2) is 11.6. The van der Waals surface area contributed by atoms with E-state index in [1.54, 1.807) is 23.8 Å². The van der Waals surface area contributed by atoms with Gasteiger partial charge in [-0.2, -0.15) is 0 Å². The lowest BCUT2D eigenvalue weighted by molar-refractivity contribution is -0.0577. The summed E-state index contributed by atoms with van der Waals surface area (Å²) in [5, 5.41) is 3.71. The Hall–Kier alpha value is -1.19. The molecule has 3 unspecified atom stereocenters. The Morgan fingerprint density at radius 3 is 2.56 bits per heavy atom. The van der Waals surface area contributed by atoms with Crippen molar-refractivity contribution in [3.63, 3.8) is 0 Å². The van der Waals surface area contributed by atoms with Gasteiger partial charge in [0.25, 0.3) is 0 Å². The topological polar surface area (TPSA) is 38.3 Å². The van der Waals surface area contributed by atoms with Crippen LogP contribution in [0.5, 0.6) is 0 Å². The number of halogens is 2. The number of hydrogen-bond donors (Lipinski definition) is 1. The first-order valence-corrected chi connectivity index (χ1v) is 16.4. The number of allylic oxidation sites excluding steroid dienone is 1. The highest BCUT2D eigenvalue weighted by Gasteiger charge is 2.59. The molecule has 0 radical (unpaired) electrons. The quantitative estimate of drug-likeness (QED) is 0.329. The third kappa shape index (κ3) is 5.78. The molecule has 1 aromatic rings. The van der Waals surface area contributed by atoms with Crippen LogP contribution in [0.1, 0.15) is 105 Å². The molecule has 8 atom stereocenters. The molecule has 39 heavy (non-hydrogen) atoms. The van der Waals surface area contributed by atoms with Crippen LogP contribution >= 0.6 is 23.2 Å². The molecular formula is C34H49Cl2NO2. The lowest BCUT2D eigenvalue weighted by atomic mass is 9.47. The number of anilines is 1. The van der Waals surface area contributed by atoms with E-state index >= 15 is 0 Å². The van der Waals surface area contributed by atoms with Gasteiger partial charge in [0.15, 0.2) is 0 Å². The Morgan fingerprint density at radius 2 is 1.82 bits per heavy atom. The smallest absolute Gasteiger partial charge is 0.411 e. The van der Waals surface area contributed by atoms with Gasteiger partial charge < -0.3 is 4.74 Å². The first-order valence-electron chi connectivity index (χ1n) is 15.6. The van der Waals surface area contributed by atoms with Gasteiger partial charge in [-0.1, -0.05) is 88.7 Å². The molecule has 4 aliphatic rings. The lowest BCUT2D eigenvalue weighted by Gasteiger charge is -2.58. The summed E-state index contributed by atoms with van der Waals surface area (Å²) >= 11 is 12.1. The Balaban J connectivity index is 1.21. The number of ether oxygens (including phenoxy) is 1. The first kappa shape index (κ1) is 29.3. The van der Waals surface area contributed by atoms with E-state index in [1.165, 1.54) is 51.4 Å². The second-order valence-electron chi connectivity index (χ2n) is 14.3. The summed E-state index contributed by atoms with van der Waals surface area (Å²) < 4.78 is 5.90. The highest BCUT2D eigenvalue weighted by atomic mass is 35.5. The monoisotopic (exact) mass is 573 g/mol. The van der Waals surface area contributed by atoms with E-state index < -0.39 is 6.09 Å². The zero-order chi connectivity index (χ0) is 27.9. The predicted molar refractivity (Wildman–Crippen MR) is 163 cm³/mol. The van der Waals surface area contributed by atoms with E-state index in [0.717, 1.165) is 54.8 Å². The molecule has 4 aliphatic carbocycles. The van der Waals surface area contributed by atoms with Crippen LogP contribution in [0.3, 0.4) is 0 Å². The van der Waals surface area contributed by atoms with Crippen LogP contribution in [0.25, 0.3) is 0 Å². The molecule has 5 rings (SSSR count). The number of nitrogens with one attached hydrogen (secondary N) is 1. The number of carbonyl (C=O) groups is 1. The molecule has 1 N–H and O–H groups in total. The van der Waals surface area contributed by atoms with Crippen LogP contribution in [0, 0.1) is 46.3 Å². The molecule has 0 aromatic heterocycles. The SMILES string of the molecule is CC(C)CCC[C@@H](C)[C@H]1CCC2C3CC=C4C[C@@H](OC(=O)Nc5ccc(Cl)c(Cl)c5)CC[C@]4(C)C3CC[C@@]21C. The number of fused-ring (bicyclic) bond motifs is 5. The van der Waals surface area contributed by atoms with E-state index in [0.29, 0.717) is 21.1 Å². The zero-order valence-electron chi connectivity index (χ0n) is 24.7. The van der Waals surface area contributed by atoms with Crippen LogP contribution in [0.4, 0.5) is 10.5 Å². The van der Waals surface area contributed by atoms with Crippen molar-refractivity contribution in [2.45, 2.75) is 111 Å². The molecule has 1 aromatic carbocycles. The molecule has 5 heteroatoms. The molecule has 0 saturated heterocycles. The van der Waals surface area contributed by atoms with Gasteiger partial charge in [-0.25, -0.2) is 4.79 Å². The predicted octanol–water partition coefficient (Wildman–Crippen LogP) is 11.0. The summed E-state index contributed by atoms with van der Waals surface area (Å²) in [5.41, 5.74) is 2.92. The van der Waals surface area contributed by atoms with Crippen molar-refractivity contribution in [1.29, 1.82) is 0 Å². The Labute approximate surface area is 246 Å². The fourth-order valence-corrected chi connectivity index (χ4v) is 9.92. The normalized spacial score (nSPS) is 36.4. The summed E-state index contributed by atoms with van der Waals surface area (Å²) in [7, 11) is 0. The second-order valence-corrected chi connectivity index (χ2v) is 15.1. The minimum Gasteiger partial charge on any atom is -0.446 e. The molecule has 3 saturated carbocycles. The minimum atomic E-state index is -0.413. The van der Waals surface area contributed by atoms with Crippen molar-refractivity contribution < 1.29 is 9.53 Å². The summed E-state index contributed by atoms with van der Waals surface area (Å²) in [5.74, 6) is 5.03. The van der Waals surface area contributed by atoms with E-state index in [-0.39, 0.29) is 11.5 Å². The lowest BCUT2D eigenvalue weighted by Crippen LogP contribution is -2.51. The number of benzene rings is 1. The van der Waals surface area contributed by atoms with Crippen LogP contribution in [-0.4, -0.2) is 12.2 Å². The number of amides is 1. The third-order valence-corrected chi connectivity index (χ3v) is 12.4. The molecule has 3 fully saturated rings. The van der Waals surface area contributed by atoms with Gasteiger partial charge in [-0.15, -0.1) is 0 Å². The van der Waals surface area contributed by atoms with E-state index in [4.69, 9.17) is 27.9 Å². The first-order chi connectivity index (χ1) is 18.5. The molecule has 216 valence electrons. The van der Waals surface area contributed by atoms with Gasteiger partial charge >= 0.3 is 6.09 Å². The molecular weight excluding hydrogens is 525 g/mol. The van der Waals surface area contributed by atoms with Crippen molar-refractivity contribution in [2.24, 2.45) is 46.3 Å². The number of rotatable bonds is 7. The van der Waals surface area contributed by atoms with E-state index in [2.05, 4.69) is 46.0 Å². The van der Waals surface area contributed by atoms with Gasteiger partial charge in [0.2, 0.25) is 0 Å². The fourth-order valence-electron chi connectivity index (χ4n) is 9.63. The molecule has 0 bridgehead atoms. The van der Waals surface area contributed by atoms with E-state index in [9.17, 15) is 4.79 Å². The molecule has 0 spiro atoms. The van der Waals surface area contributed by atoms with Gasteiger partial charge in [-0.3, -0.25) is 5.32 Å². The Kier molecular flexibility index (Phi) is 8.71. The maximum atomic E-state index is 12.7. The van der Waals surface area contributed by atoms with E-state index in [1.807, 2.05) is 0 Å². The zero-order valence-corrected chi connectivity index (χ0v) is 26.2. The average molecular weight is 575 g/mol. The number of hydrogen-bond acceptors (Lipinski definition) is 2. The summed E-state index contributed by atoms with van der Waals surface area (Å²) in [6.07, 6.45) is 16.0. The fraction of sp³-hybridized carbons (Fsp3) is 0.735. The van der Waals surface area contributed by atoms with Crippen LogP contribution in [0.15, 0.2) is 29.8 Å². The summed E-state index contributed by atoms with van der Waals surface area (Å²) in [6.45, 7) is 12.5.